The Kier molecular flexibility index (Phi) is 7.15. The van der Waals surface area contributed by atoms with Crippen LogP contribution in [-0.2, 0) is 13.6 Å². The molecule has 0 aromatic carbocycles. The Morgan fingerprint density at radius 1 is 1.55 bits per heavy atom. The molecule has 0 spiro atoms. The van der Waals surface area contributed by atoms with E-state index in [1.807, 2.05) is 19.3 Å². The largest absolute Gasteiger partial charge is 0.354 e. The molecule has 1 N–H and O–H groups in total. The molecule has 0 saturated heterocycles. The van der Waals surface area contributed by atoms with E-state index in [9.17, 15) is 0 Å². The van der Waals surface area contributed by atoms with E-state index in [0.717, 1.165) is 24.1 Å². The molecular weight excluding hydrogens is 387 g/mol. The summed E-state index contributed by atoms with van der Waals surface area (Å²) in [6, 6.07) is 2.61. The Morgan fingerprint density at radius 3 is 2.70 bits per heavy atom. The molecule has 0 amide bonds. The van der Waals surface area contributed by atoms with Gasteiger partial charge in [0.1, 0.15) is 0 Å². The van der Waals surface area contributed by atoms with Crippen LogP contribution < -0.4 is 5.32 Å². The lowest BCUT2D eigenvalue weighted by Gasteiger charge is -2.31. The first-order valence-electron chi connectivity index (χ1n) is 6.93. The Labute approximate surface area is 143 Å². The van der Waals surface area contributed by atoms with E-state index in [1.165, 1.54) is 25.0 Å². The molecule has 0 bridgehead atoms. The monoisotopic (exact) mass is 410 g/mol. The number of nitrogens with one attached hydrogen (secondary N) is 1. The standard InChI is InChI=1S/C14H23ClN4.HI/c1-4-16-14(17-12-6-5-7-12)19(3)10-13-8-11(15)9-18(13)2;/h8-9,12H,4-7,10H2,1-3H3,(H,16,17);1H. The number of hydrogen-bond acceptors (Lipinski definition) is 1. The van der Waals surface area contributed by atoms with Crippen LogP contribution in [0.15, 0.2) is 17.3 Å². The molecule has 0 atom stereocenters. The third-order valence-electron chi connectivity index (χ3n) is 3.58. The summed E-state index contributed by atoms with van der Waals surface area (Å²) in [7, 11) is 4.09. The van der Waals surface area contributed by atoms with Crippen molar-refractivity contribution in [2.45, 2.75) is 38.8 Å². The molecule has 1 aromatic heterocycles. The van der Waals surface area contributed by atoms with Crippen LogP contribution in [0.25, 0.3) is 0 Å². The second kappa shape index (κ2) is 8.12. The molecule has 4 nitrogen and oxygen atoms in total. The lowest BCUT2D eigenvalue weighted by Crippen LogP contribution is -2.47. The highest BCUT2D eigenvalue weighted by atomic mass is 127. The van der Waals surface area contributed by atoms with Crippen molar-refractivity contribution >= 4 is 41.5 Å². The fourth-order valence-corrected chi connectivity index (χ4v) is 2.48. The zero-order valence-electron chi connectivity index (χ0n) is 12.4. The molecule has 6 heteroatoms. The molecular formula is C14H24ClIN4. The van der Waals surface area contributed by atoms with Crippen LogP contribution in [0.1, 0.15) is 31.9 Å². The van der Waals surface area contributed by atoms with Gasteiger partial charge < -0.3 is 14.8 Å². The first-order chi connectivity index (χ1) is 9.10. The van der Waals surface area contributed by atoms with Gasteiger partial charge in [-0.05, 0) is 32.3 Å². The van der Waals surface area contributed by atoms with Crippen molar-refractivity contribution in [3.63, 3.8) is 0 Å². The summed E-state index contributed by atoms with van der Waals surface area (Å²) in [5.41, 5.74) is 1.19. The lowest BCUT2D eigenvalue weighted by molar-refractivity contribution is 0.357. The van der Waals surface area contributed by atoms with Gasteiger partial charge in [-0.25, -0.2) is 0 Å². The van der Waals surface area contributed by atoms with E-state index in [-0.39, 0.29) is 24.0 Å². The summed E-state index contributed by atoms with van der Waals surface area (Å²) >= 11 is 6.02. The van der Waals surface area contributed by atoms with Crippen molar-refractivity contribution in [1.82, 2.24) is 14.8 Å². The summed E-state index contributed by atoms with van der Waals surface area (Å²) in [6.07, 6.45) is 5.77. The van der Waals surface area contributed by atoms with Crippen LogP contribution in [0.5, 0.6) is 0 Å². The Morgan fingerprint density at radius 2 is 2.25 bits per heavy atom. The number of hydrogen-bond donors (Lipinski definition) is 1. The molecule has 1 aromatic rings. The highest BCUT2D eigenvalue weighted by molar-refractivity contribution is 14.0. The van der Waals surface area contributed by atoms with E-state index in [0.29, 0.717) is 6.04 Å². The number of nitrogens with zero attached hydrogens (tertiary/aromatic N) is 3. The second-order valence-corrected chi connectivity index (χ2v) is 5.62. The predicted molar refractivity (Wildman–Crippen MR) is 96.1 cm³/mol. The summed E-state index contributed by atoms with van der Waals surface area (Å²) in [6.45, 7) is 3.67. The Bertz CT molecular complexity index is 454. The average molecular weight is 411 g/mol. The molecule has 20 heavy (non-hydrogen) atoms. The Balaban J connectivity index is 0.00000200. The van der Waals surface area contributed by atoms with Gasteiger partial charge in [0.2, 0.25) is 0 Å². The van der Waals surface area contributed by atoms with Crippen molar-refractivity contribution in [2.24, 2.45) is 12.0 Å². The predicted octanol–water partition coefficient (Wildman–Crippen LogP) is 3.25. The smallest absolute Gasteiger partial charge is 0.194 e. The maximum atomic E-state index is 6.02. The zero-order valence-corrected chi connectivity index (χ0v) is 15.5. The SMILES string of the molecule is CCN=C(NC1CCC1)N(C)Cc1cc(Cl)cn1C.I. The maximum Gasteiger partial charge on any atom is 0.194 e. The number of aryl methyl sites for hydroxylation is 1. The van der Waals surface area contributed by atoms with Gasteiger partial charge in [0, 0.05) is 38.6 Å². The van der Waals surface area contributed by atoms with E-state index in [2.05, 4.69) is 33.7 Å². The summed E-state index contributed by atoms with van der Waals surface area (Å²) in [5, 5.41) is 4.32. The lowest BCUT2D eigenvalue weighted by atomic mass is 9.93. The number of aliphatic imine (C=N–C) groups is 1. The molecule has 2 rings (SSSR count). The summed E-state index contributed by atoms with van der Waals surface area (Å²) in [4.78, 5) is 6.73. The normalized spacial score (nSPS) is 15.5. The van der Waals surface area contributed by atoms with E-state index in [1.54, 1.807) is 0 Å². The van der Waals surface area contributed by atoms with E-state index in [4.69, 9.17) is 11.6 Å². The minimum absolute atomic E-state index is 0. The van der Waals surface area contributed by atoms with Gasteiger partial charge in [-0.1, -0.05) is 11.6 Å². The van der Waals surface area contributed by atoms with Crippen molar-refractivity contribution in [2.75, 3.05) is 13.6 Å². The van der Waals surface area contributed by atoms with Crippen molar-refractivity contribution in [3.05, 3.63) is 23.0 Å². The number of rotatable bonds is 4. The van der Waals surface area contributed by atoms with Gasteiger partial charge in [0.05, 0.1) is 11.6 Å². The van der Waals surface area contributed by atoms with Gasteiger partial charge in [0.15, 0.2) is 5.96 Å². The van der Waals surface area contributed by atoms with Gasteiger partial charge in [0.25, 0.3) is 0 Å². The van der Waals surface area contributed by atoms with Gasteiger partial charge in [-0.3, -0.25) is 4.99 Å². The third kappa shape index (κ3) is 4.55. The molecule has 1 saturated carbocycles. The van der Waals surface area contributed by atoms with Crippen LogP contribution in [0, 0.1) is 0 Å². The topological polar surface area (TPSA) is 32.6 Å². The van der Waals surface area contributed by atoms with Crippen LogP contribution >= 0.6 is 35.6 Å². The first-order valence-corrected chi connectivity index (χ1v) is 7.30. The molecule has 0 unspecified atom stereocenters. The first kappa shape index (κ1) is 17.6. The molecule has 1 aliphatic carbocycles. The molecule has 0 radical (unpaired) electrons. The van der Waals surface area contributed by atoms with Crippen LogP contribution in [0.2, 0.25) is 5.02 Å². The maximum absolute atomic E-state index is 6.02. The van der Waals surface area contributed by atoms with Crippen molar-refractivity contribution in [1.29, 1.82) is 0 Å². The van der Waals surface area contributed by atoms with Gasteiger partial charge in [-0.2, -0.15) is 0 Å². The molecule has 1 aliphatic rings. The van der Waals surface area contributed by atoms with Crippen LogP contribution in [0.4, 0.5) is 0 Å². The molecule has 1 fully saturated rings. The number of guanidine groups is 1. The summed E-state index contributed by atoms with van der Waals surface area (Å²) in [5.74, 6) is 0.990. The summed E-state index contributed by atoms with van der Waals surface area (Å²) < 4.78 is 2.06. The van der Waals surface area contributed by atoms with Crippen LogP contribution in [-0.4, -0.2) is 35.1 Å². The van der Waals surface area contributed by atoms with Gasteiger partial charge in [-0.15, -0.1) is 24.0 Å². The van der Waals surface area contributed by atoms with Crippen molar-refractivity contribution in [3.8, 4) is 0 Å². The Hall–Kier alpha value is -0.430. The number of halogens is 2. The quantitative estimate of drug-likeness (QED) is 0.469. The molecule has 114 valence electrons. The fourth-order valence-electron chi connectivity index (χ4n) is 2.20. The minimum atomic E-state index is 0. The second-order valence-electron chi connectivity index (χ2n) is 5.19. The van der Waals surface area contributed by atoms with E-state index < -0.39 is 0 Å². The van der Waals surface area contributed by atoms with Gasteiger partial charge >= 0.3 is 0 Å². The fraction of sp³-hybridized carbons (Fsp3) is 0.643. The van der Waals surface area contributed by atoms with Crippen LogP contribution in [0.3, 0.4) is 0 Å². The zero-order chi connectivity index (χ0) is 13.8. The van der Waals surface area contributed by atoms with E-state index >= 15 is 0 Å². The minimum Gasteiger partial charge on any atom is -0.354 e. The number of aromatic nitrogens is 1. The molecule has 1 heterocycles. The highest BCUT2D eigenvalue weighted by Gasteiger charge is 2.20. The average Bonchev–Trinajstić information content (AvgIpc) is 2.60. The molecule has 0 aliphatic heterocycles. The highest BCUT2D eigenvalue weighted by Crippen LogP contribution is 2.19. The van der Waals surface area contributed by atoms with Crippen molar-refractivity contribution < 1.29 is 0 Å². The third-order valence-corrected chi connectivity index (χ3v) is 3.79.